The van der Waals surface area contributed by atoms with E-state index in [-0.39, 0.29) is 16.5 Å². The van der Waals surface area contributed by atoms with Gasteiger partial charge < -0.3 is 9.84 Å². The van der Waals surface area contributed by atoms with Gasteiger partial charge in [-0.1, -0.05) is 23.2 Å². The Bertz CT molecular complexity index is 647. The Morgan fingerprint density at radius 1 is 1.37 bits per heavy atom. The molecule has 98 valence electrons. The van der Waals surface area contributed by atoms with Crippen LogP contribution in [-0.4, -0.2) is 28.2 Å². The van der Waals surface area contributed by atoms with Crippen molar-refractivity contribution >= 4 is 29.2 Å². The first-order valence-corrected chi connectivity index (χ1v) is 5.88. The molecule has 1 N–H and O–H groups in total. The van der Waals surface area contributed by atoms with Crippen LogP contribution in [0.4, 0.5) is 0 Å². The van der Waals surface area contributed by atoms with Crippen molar-refractivity contribution in [3.8, 4) is 17.1 Å². The number of nitrogens with zero attached hydrogens (tertiary/aromatic N) is 2. The first-order chi connectivity index (χ1) is 9.02. The number of ether oxygens (including phenoxy) is 1. The molecule has 1 heterocycles. The quantitative estimate of drug-likeness (QED) is 0.942. The number of benzene rings is 1. The zero-order chi connectivity index (χ0) is 14.0. The summed E-state index contributed by atoms with van der Waals surface area (Å²) in [5.41, 5.74) is 0.273. The number of hydrogen-bond donors (Lipinski definition) is 1. The molecule has 1 aromatic heterocycles. The Morgan fingerprint density at radius 3 is 2.74 bits per heavy atom. The summed E-state index contributed by atoms with van der Waals surface area (Å²) in [6, 6.07) is 4.88. The number of aromatic nitrogens is 2. The molecule has 0 aliphatic rings. The highest BCUT2D eigenvalue weighted by molar-refractivity contribution is 6.33. The van der Waals surface area contributed by atoms with Crippen LogP contribution in [0.1, 0.15) is 10.5 Å². The Balaban J connectivity index is 2.59. The Kier molecular flexibility index (Phi) is 3.87. The van der Waals surface area contributed by atoms with Crippen molar-refractivity contribution in [1.29, 1.82) is 0 Å². The molecule has 0 saturated carbocycles. The number of halogens is 2. The molecular formula is C12H8Cl2N2O3. The van der Waals surface area contributed by atoms with Crippen molar-refractivity contribution in [2.24, 2.45) is 0 Å². The molecule has 0 spiro atoms. The number of aromatic carboxylic acids is 1. The van der Waals surface area contributed by atoms with Crippen molar-refractivity contribution < 1.29 is 14.6 Å². The average molecular weight is 299 g/mol. The molecule has 0 aliphatic carbocycles. The number of carbonyl (C=O) groups is 1. The van der Waals surface area contributed by atoms with E-state index in [2.05, 4.69) is 9.97 Å². The molecular weight excluding hydrogens is 291 g/mol. The van der Waals surface area contributed by atoms with Crippen LogP contribution in [0.5, 0.6) is 5.75 Å². The molecule has 2 rings (SSSR count). The van der Waals surface area contributed by atoms with Crippen molar-refractivity contribution in [1.82, 2.24) is 9.97 Å². The van der Waals surface area contributed by atoms with E-state index < -0.39 is 5.97 Å². The molecule has 5 nitrogen and oxygen atoms in total. The molecule has 2 aromatic rings. The van der Waals surface area contributed by atoms with Gasteiger partial charge in [0.25, 0.3) is 0 Å². The summed E-state index contributed by atoms with van der Waals surface area (Å²) in [5, 5.41) is 9.45. The van der Waals surface area contributed by atoms with E-state index >= 15 is 0 Å². The molecule has 7 heteroatoms. The van der Waals surface area contributed by atoms with Crippen LogP contribution in [-0.2, 0) is 0 Å². The van der Waals surface area contributed by atoms with E-state index in [1.165, 1.54) is 13.3 Å². The minimum absolute atomic E-state index is 0.0239. The second-order valence-electron chi connectivity index (χ2n) is 3.54. The van der Waals surface area contributed by atoms with Crippen LogP contribution in [0, 0.1) is 0 Å². The van der Waals surface area contributed by atoms with Gasteiger partial charge in [-0.25, -0.2) is 14.8 Å². The second-order valence-corrected chi connectivity index (χ2v) is 4.38. The topological polar surface area (TPSA) is 72.3 Å². The average Bonchev–Trinajstić information content (AvgIpc) is 2.39. The summed E-state index contributed by atoms with van der Waals surface area (Å²) < 4.78 is 5.17. The Morgan fingerprint density at radius 2 is 2.11 bits per heavy atom. The first kappa shape index (κ1) is 13.6. The number of carboxylic acids is 1. The van der Waals surface area contributed by atoms with Gasteiger partial charge in [0.1, 0.15) is 5.75 Å². The molecule has 0 bridgehead atoms. The second kappa shape index (κ2) is 5.42. The van der Waals surface area contributed by atoms with Crippen molar-refractivity contribution in [3.05, 3.63) is 40.1 Å². The van der Waals surface area contributed by atoms with Gasteiger partial charge in [0.05, 0.1) is 23.9 Å². The van der Waals surface area contributed by atoms with Crippen LogP contribution >= 0.6 is 23.2 Å². The highest BCUT2D eigenvalue weighted by atomic mass is 35.5. The maximum atomic E-state index is 11.0. The van der Waals surface area contributed by atoms with E-state index in [4.69, 9.17) is 33.0 Å². The minimum Gasteiger partial charge on any atom is -0.496 e. The van der Waals surface area contributed by atoms with Crippen LogP contribution in [0.15, 0.2) is 24.4 Å². The van der Waals surface area contributed by atoms with E-state index in [1.54, 1.807) is 18.2 Å². The van der Waals surface area contributed by atoms with Gasteiger partial charge in [-0.15, -0.1) is 0 Å². The lowest BCUT2D eigenvalue weighted by atomic mass is 10.2. The molecule has 19 heavy (non-hydrogen) atoms. The molecule has 1 aromatic carbocycles. The zero-order valence-electron chi connectivity index (χ0n) is 9.72. The number of hydrogen-bond acceptors (Lipinski definition) is 4. The zero-order valence-corrected chi connectivity index (χ0v) is 11.2. The molecule has 0 aliphatic heterocycles. The molecule has 0 unspecified atom stereocenters. The van der Waals surface area contributed by atoms with Gasteiger partial charge in [-0.2, -0.15) is 0 Å². The monoisotopic (exact) mass is 298 g/mol. The standard InChI is InChI=1S/C12H8Cl2N2O3/c1-19-9-4-6(13)2-3-7(9)11-15-5-8(14)10(16-11)12(17)18/h2-5H,1H3,(H,17,18). The van der Waals surface area contributed by atoms with E-state index in [0.717, 1.165) is 0 Å². The lowest BCUT2D eigenvalue weighted by Crippen LogP contribution is -2.04. The lowest BCUT2D eigenvalue weighted by molar-refractivity contribution is 0.0690. The largest absolute Gasteiger partial charge is 0.496 e. The van der Waals surface area contributed by atoms with Gasteiger partial charge in [-0.3, -0.25) is 0 Å². The minimum atomic E-state index is -1.22. The molecule has 0 amide bonds. The highest BCUT2D eigenvalue weighted by Crippen LogP contribution is 2.30. The van der Waals surface area contributed by atoms with E-state index in [1.807, 2.05) is 0 Å². The number of methoxy groups -OCH3 is 1. The van der Waals surface area contributed by atoms with Crippen molar-refractivity contribution in [2.75, 3.05) is 7.11 Å². The van der Waals surface area contributed by atoms with Gasteiger partial charge >= 0.3 is 5.97 Å². The number of rotatable bonds is 3. The van der Waals surface area contributed by atoms with Crippen molar-refractivity contribution in [3.63, 3.8) is 0 Å². The smallest absolute Gasteiger partial charge is 0.356 e. The molecule has 0 saturated heterocycles. The summed E-state index contributed by atoms with van der Waals surface area (Å²) in [6.45, 7) is 0. The third-order valence-electron chi connectivity index (χ3n) is 2.35. The van der Waals surface area contributed by atoms with E-state index in [9.17, 15) is 4.79 Å². The van der Waals surface area contributed by atoms with Gasteiger partial charge in [0.2, 0.25) is 0 Å². The first-order valence-electron chi connectivity index (χ1n) is 5.12. The third-order valence-corrected chi connectivity index (χ3v) is 2.86. The summed E-state index contributed by atoms with van der Waals surface area (Å²) in [6.07, 6.45) is 1.24. The fourth-order valence-electron chi connectivity index (χ4n) is 1.50. The predicted octanol–water partition coefficient (Wildman–Crippen LogP) is 3.16. The van der Waals surface area contributed by atoms with Crippen LogP contribution in [0.3, 0.4) is 0 Å². The molecule has 0 radical (unpaired) electrons. The summed E-state index contributed by atoms with van der Waals surface area (Å²) in [4.78, 5) is 18.9. The lowest BCUT2D eigenvalue weighted by Gasteiger charge is -2.08. The van der Waals surface area contributed by atoms with Crippen molar-refractivity contribution in [2.45, 2.75) is 0 Å². The third kappa shape index (κ3) is 2.77. The summed E-state index contributed by atoms with van der Waals surface area (Å²) in [5.74, 6) is -0.567. The van der Waals surface area contributed by atoms with Crippen LogP contribution in [0.2, 0.25) is 10.0 Å². The maximum absolute atomic E-state index is 11.0. The summed E-state index contributed by atoms with van der Waals surface area (Å²) in [7, 11) is 1.48. The predicted molar refractivity (Wildman–Crippen MR) is 71.0 cm³/mol. The van der Waals surface area contributed by atoms with Gasteiger partial charge in [0.15, 0.2) is 11.5 Å². The normalized spacial score (nSPS) is 10.3. The Labute approximate surface area is 118 Å². The van der Waals surface area contributed by atoms with E-state index in [0.29, 0.717) is 16.3 Å². The fourth-order valence-corrected chi connectivity index (χ4v) is 1.83. The fraction of sp³-hybridized carbons (Fsp3) is 0.0833. The van der Waals surface area contributed by atoms with Crippen LogP contribution in [0.25, 0.3) is 11.4 Å². The number of carboxylic acid groups (broad SMARTS) is 1. The van der Waals surface area contributed by atoms with Crippen LogP contribution < -0.4 is 4.74 Å². The van der Waals surface area contributed by atoms with Gasteiger partial charge in [-0.05, 0) is 18.2 Å². The molecule has 0 fully saturated rings. The highest BCUT2D eigenvalue weighted by Gasteiger charge is 2.16. The molecule has 0 atom stereocenters. The summed E-state index contributed by atoms with van der Waals surface area (Å²) >= 11 is 11.6. The SMILES string of the molecule is COc1cc(Cl)ccc1-c1ncc(Cl)c(C(=O)O)n1. The Hall–Kier alpha value is -1.85. The van der Waals surface area contributed by atoms with Gasteiger partial charge in [0, 0.05) is 5.02 Å². The maximum Gasteiger partial charge on any atom is 0.356 e.